The van der Waals surface area contributed by atoms with E-state index in [9.17, 15) is 9.59 Å². The second-order valence-electron chi connectivity index (χ2n) is 6.79. The van der Waals surface area contributed by atoms with Gasteiger partial charge in [0.2, 0.25) is 0 Å². The van der Waals surface area contributed by atoms with Gasteiger partial charge >= 0.3 is 12.0 Å². The van der Waals surface area contributed by atoms with Crippen LogP contribution in [0.5, 0.6) is 0 Å². The van der Waals surface area contributed by atoms with Gasteiger partial charge in [-0.05, 0) is 54.7 Å². The van der Waals surface area contributed by atoms with E-state index in [-0.39, 0.29) is 17.5 Å². The van der Waals surface area contributed by atoms with Crippen molar-refractivity contribution in [2.24, 2.45) is 0 Å². The SMILES string of the molecule is COC(=O)CSCc1cccc(NC(=O)NC2(c3ccc(Br)cc3)CCC2)c1. The summed E-state index contributed by atoms with van der Waals surface area (Å²) in [6.45, 7) is 0. The van der Waals surface area contributed by atoms with E-state index >= 15 is 0 Å². The molecular weight excluding hydrogens is 440 g/mol. The second-order valence-corrected chi connectivity index (χ2v) is 8.69. The Hall–Kier alpha value is -1.99. The monoisotopic (exact) mass is 462 g/mol. The first-order valence-electron chi connectivity index (χ1n) is 9.09. The third-order valence-electron chi connectivity index (χ3n) is 4.86. The van der Waals surface area contributed by atoms with Crippen LogP contribution in [0.1, 0.15) is 30.4 Å². The molecule has 0 aliphatic heterocycles. The number of amides is 2. The van der Waals surface area contributed by atoms with Crippen LogP contribution in [0.25, 0.3) is 0 Å². The van der Waals surface area contributed by atoms with Crippen LogP contribution in [0.3, 0.4) is 0 Å². The third-order valence-corrected chi connectivity index (χ3v) is 6.36. The normalized spacial score (nSPS) is 14.6. The van der Waals surface area contributed by atoms with Gasteiger partial charge < -0.3 is 15.4 Å². The van der Waals surface area contributed by atoms with Crippen LogP contribution in [-0.2, 0) is 20.8 Å². The number of urea groups is 1. The van der Waals surface area contributed by atoms with E-state index in [0.717, 1.165) is 40.5 Å². The van der Waals surface area contributed by atoms with Gasteiger partial charge in [-0.25, -0.2) is 4.79 Å². The lowest BCUT2D eigenvalue weighted by Gasteiger charge is -2.43. The van der Waals surface area contributed by atoms with E-state index in [1.165, 1.54) is 18.9 Å². The topological polar surface area (TPSA) is 67.4 Å². The molecule has 0 aromatic heterocycles. The fourth-order valence-electron chi connectivity index (χ4n) is 3.21. The predicted molar refractivity (Wildman–Crippen MR) is 116 cm³/mol. The van der Waals surface area contributed by atoms with Crippen LogP contribution in [0.15, 0.2) is 53.0 Å². The zero-order chi connectivity index (χ0) is 20.0. The number of hydrogen-bond acceptors (Lipinski definition) is 4. The van der Waals surface area contributed by atoms with Crippen LogP contribution >= 0.6 is 27.7 Å². The van der Waals surface area contributed by atoms with E-state index in [1.807, 2.05) is 36.4 Å². The summed E-state index contributed by atoms with van der Waals surface area (Å²) in [5.41, 5.74) is 2.61. The van der Waals surface area contributed by atoms with E-state index in [4.69, 9.17) is 0 Å². The van der Waals surface area contributed by atoms with Crippen molar-refractivity contribution < 1.29 is 14.3 Å². The Morgan fingerprint density at radius 2 is 1.93 bits per heavy atom. The smallest absolute Gasteiger partial charge is 0.319 e. The number of anilines is 1. The highest BCUT2D eigenvalue weighted by atomic mass is 79.9. The van der Waals surface area contributed by atoms with Crippen LogP contribution in [0.4, 0.5) is 10.5 Å². The number of halogens is 1. The minimum absolute atomic E-state index is 0.206. The molecule has 0 spiro atoms. The van der Waals surface area contributed by atoms with Crippen LogP contribution < -0.4 is 10.6 Å². The average Bonchev–Trinajstić information content (AvgIpc) is 2.65. The number of carbonyl (C=O) groups excluding carboxylic acids is 2. The zero-order valence-corrected chi connectivity index (χ0v) is 18.1. The Kier molecular flexibility index (Phi) is 7.02. The molecule has 2 aromatic rings. The fourth-order valence-corrected chi connectivity index (χ4v) is 4.28. The van der Waals surface area contributed by atoms with E-state index in [2.05, 4.69) is 43.4 Å². The lowest BCUT2D eigenvalue weighted by atomic mass is 9.72. The largest absolute Gasteiger partial charge is 0.468 e. The molecule has 0 atom stereocenters. The molecule has 0 heterocycles. The average molecular weight is 463 g/mol. The summed E-state index contributed by atoms with van der Waals surface area (Å²) in [6, 6.07) is 15.6. The van der Waals surface area contributed by atoms with Gasteiger partial charge in [0.1, 0.15) is 0 Å². The third kappa shape index (κ3) is 5.29. The highest BCUT2D eigenvalue weighted by molar-refractivity contribution is 9.10. The molecule has 2 aromatic carbocycles. The highest BCUT2D eigenvalue weighted by Gasteiger charge is 2.40. The summed E-state index contributed by atoms with van der Waals surface area (Å²) < 4.78 is 5.67. The molecule has 0 unspecified atom stereocenters. The van der Waals surface area contributed by atoms with Gasteiger partial charge in [-0.15, -0.1) is 11.8 Å². The maximum atomic E-state index is 12.6. The molecule has 1 aliphatic rings. The second kappa shape index (κ2) is 9.47. The molecule has 148 valence electrons. The number of nitrogens with one attached hydrogen (secondary N) is 2. The van der Waals surface area contributed by atoms with Crippen molar-refractivity contribution in [3.05, 3.63) is 64.1 Å². The minimum Gasteiger partial charge on any atom is -0.468 e. The number of carbonyl (C=O) groups is 2. The fraction of sp³-hybridized carbons (Fsp3) is 0.333. The maximum absolute atomic E-state index is 12.6. The minimum atomic E-state index is -0.293. The molecular formula is C21H23BrN2O3S. The number of esters is 1. The maximum Gasteiger partial charge on any atom is 0.319 e. The molecule has 1 fully saturated rings. The Labute approximate surface area is 177 Å². The van der Waals surface area contributed by atoms with Crippen molar-refractivity contribution in [3.8, 4) is 0 Å². The zero-order valence-electron chi connectivity index (χ0n) is 15.7. The van der Waals surface area contributed by atoms with Crippen molar-refractivity contribution >= 4 is 45.4 Å². The Bertz CT molecular complexity index is 838. The Morgan fingerprint density at radius 3 is 2.57 bits per heavy atom. The number of thioether (sulfide) groups is 1. The summed E-state index contributed by atoms with van der Waals surface area (Å²) in [7, 11) is 1.38. The molecule has 0 radical (unpaired) electrons. The quantitative estimate of drug-likeness (QED) is 0.564. The molecule has 0 saturated heterocycles. The number of methoxy groups -OCH3 is 1. The van der Waals surface area contributed by atoms with Gasteiger partial charge in [0.15, 0.2) is 0 Å². The predicted octanol–water partition coefficient (Wildman–Crippen LogP) is 5.06. The van der Waals surface area contributed by atoms with Gasteiger partial charge in [-0.1, -0.05) is 40.2 Å². The molecule has 3 rings (SSSR count). The first-order valence-corrected chi connectivity index (χ1v) is 11.0. The summed E-state index contributed by atoms with van der Waals surface area (Å²) in [5, 5.41) is 6.11. The van der Waals surface area contributed by atoms with Crippen molar-refractivity contribution in [3.63, 3.8) is 0 Å². The van der Waals surface area contributed by atoms with Crippen molar-refractivity contribution in [2.45, 2.75) is 30.6 Å². The van der Waals surface area contributed by atoms with Crippen LogP contribution in [0, 0.1) is 0 Å². The van der Waals surface area contributed by atoms with Gasteiger partial charge in [0.05, 0.1) is 18.4 Å². The number of hydrogen-bond donors (Lipinski definition) is 2. The molecule has 2 N–H and O–H groups in total. The molecule has 28 heavy (non-hydrogen) atoms. The molecule has 5 nitrogen and oxygen atoms in total. The van der Waals surface area contributed by atoms with E-state index in [0.29, 0.717) is 11.5 Å². The first-order chi connectivity index (χ1) is 13.5. The molecule has 0 bridgehead atoms. The molecule has 1 aliphatic carbocycles. The molecule has 7 heteroatoms. The van der Waals surface area contributed by atoms with Crippen LogP contribution in [0.2, 0.25) is 0 Å². The molecule has 1 saturated carbocycles. The van der Waals surface area contributed by atoms with Crippen molar-refractivity contribution in [1.29, 1.82) is 0 Å². The summed E-state index contributed by atoms with van der Waals surface area (Å²) in [5.74, 6) is 0.747. The molecule has 2 amide bonds. The first kappa shape index (κ1) is 20.7. The Morgan fingerprint density at radius 1 is 1.18 bits per heavy atom. The standard InChI is InChI=1S/C21H23BrN2O3S/c1-27-19(25)14-28-13-15-4-2-5-18(12-15)23-20(26)24-21(10-3-11-21)16-6-8-17(22)9-7-16/h2,4-9,12H,3,10-11,13-14H2,1H3,(H2,23,24,26). The number of benzene rings is 2. The van der Waals surface area contributed by atoms with Crippen LogP contribution in [-0.4, -0.2) is 24.9 Å². The van der Waals surface area contributed by atoms with Gasteiger partial charge in [-0.2, -0.15) is 0 Å². The summed E-state index contributed by atoms with van der Waals surface area (Å²) in [6.07, 6.45) is 2.97. The number of ether oxygens (including phenoxy) is 1. The lowest BCUT2D eigenvalue weighted by Crippen LogP contribution is -2.52. The van der Waals surface area contributed by atoms with Gasteiger partial charge in [0, 0.05) is 15.9 Å². The van der Waals surface area contributed by atoms with Crippen molar-refractivity contribution in [1.82, 2.24) is 5.32 Å². The van der Waals surface area contributed by atoms with E-state index in [1.54, 1.807) is 0 Å². The van der Waals surface area contributed by atoms with Crippen molar-refractivity contribution in [2.75, 3.05) is 18.2 Å². The van der Waals surface area contributed by atoms with E-state index < -0.39 is 0 Å². The highest BCUT2D eigenvalue weighted by Crippen LogP contribution is 2.41. The summed E-state index contributed by atoms with van der Waals surface area (Å²) in [4.78, 5) is 23.8. The Balaban J connectivity index is 1.59. The van der Waals surface area contributed by atoms with Gasteiger partial charge in [0.25, 0.3) is 0 Å². The number of rotatable bonds is 7. The summed E-state index contributed by atoms with van der Waals surface area (Å²) >= 11 is 4.94. The van der Waals surface area contributed by atoms with Gasteiger partial charge in [-0.3, -0.25) is 4.79 Å². The lowest BCUT2D eigenvalue weighted by molar-refractivity contribution is -0.137.